The fourth-order valence-electron chi connectivity index (χ4n) is 3.24. The van der Waals surface area contributed by atoms with Crippen LogP contribution in [0, 0.1) is 0 Å². The Morgan fingerprint density at radius 3 is 2.35 bits per heavy atom. The number of aromatic nitrogens is 1. The maximum absolute atomic E-state index is 12.6. The van der Waals surface area contributed by atoms with E-state index >= 15 is 0 Å². The molecule has 1 aromatic carbocycles. The molecule has 0 unspecified atom stereocenters. The molecule has 1 saturated heterocycles. The monoisotopic (exact) mass is 394 g/mol. The molecule has 1 aromatic heterocycles. The number of halogens is 2. The third kappa shape index (κ3) is 4.29. The lowest BCUT2D eigenvalue weighted by atomic mass is 10.1. The van der Waals surface area contributed by atoms with Gasteiger partial charge < -0.3 is 9.67 Å². The van der Waals surface area contributed by atoms with E-state index in [2.05, 4.69) is 4.90 Å². The summed E-state index contributed by atoms with van der Waals surface area (Å²) in [6, 6.07) is 8.18. The lowest BCUT2D eigenvalue weighted by molar-refractivity contribution is 0.0697. The van der Waals surface area contributed by atoms with Crippen LogP contribution in [0.15, 0.2) is 35.1 Å². The molecule has 0 spiro atoms. The van der Waals surface area contributed by atoms with Crippen LogP contribution in [0.2, 0.25) is 10.0 Å². The summed E-state index contributed by atoms with van der Waals surface area (Å²) in [5.41, 5.74) is 1.73. The first-order chi connectivity index (χ1) is 12.5. The average Bonchev–Trinajstić information content (AvgIpc) is 3.13. The number of nitrogens with zero attached hydrogens (tertiary/aromatic N) is 2. The van der Waals surface area contributed by atoms with Gasteiger partial charge in [-0.25, -0.2) is 4.79 Å². The molecule has 138 valence electrons. The van der Waals surface area contributed by atoms with Gasteiger partial charge in [0.2, 0.25) is 0 Å². The van der Waals surface area contributed by atoms with Gasteiger partial charge in [-0.2, -0.15) is 0 Å². The van der Waals surface area contributed by atoms with Crippen molar-refractivity contribution in [3.8, 4) is 0 Å². The Morgan fingerprint density at radius 2 is 1.73 bits per heavy atom. The molecule has 0 saturated carbocycles. The summed E-state index contributed by atoms with van der Waals surface area (Å²) in [4.78, 5) is 25.8. The van der Waals surface area contributed by atoms with Crippen LogP contribution in [-0.4, -0.2) is 33.6 Å². The van der Waals surface area contributed by atoms with E-state index in [-0.39, 0.29) is 16.1 Å². The molecule has 1 aliphatic rings. The van der Waals surface area contributed by atoms with Gasteiger partial charge in [0.25, 0.3) is 5.56 Å². The first-order valence-electron chi connectivity index (χ1n) is 8.58. The van der Waals surface area contributed by atoms with Crippen LogP contribution in [0.1, 0.15) is 34.5 Å². The Bertz CT molecular complexity index is 856. The van der Waals surface area contributed by atoms with Crippen molar-refractivity contribution in [1.29, 1.82) is 0 Å². The summed E-state index contributed by atoms with van der Waals surface area (Å²) >= 11 is 12.4. The second-order valence-corrected chi connectivity index (χ2v) is 7.29. The summed E-state index contributed by atoms with van der Waals surface area (Å²) in [7, 11) is 0. The van der Waals surface area contributed by atoms with Gasteiger partial charge in [0.1, 0.15) is 5.02 Å². The molecular formula is C19H20Cl2N2O3. The summed E-state index contributed by atoms with van der Waals surface area (Å²) in [6.07, 6.45) is 2.90. The second kappa shape index (κ2) is 8.25. The number of carboxylic acid groups (broad SMARTS) is 1. The number of hydrogen-bond donors (Lipinski definition) is 1. The topological polar surface area (TPSA) is 62.5 Å². The number of rotatable bonds is 6. The highest BCUT2D eigenvalue weighted by Crippen LogP contribution is 2.22. The molecule has 26 heavy (non-hydrogen) atoms. The fourth-order valence-corrected chi connectivity index (χ4v) is 3.78. The third-order valence-electron chi connectivity index (χ3n) is 4.70. The summed E-state index contributed by atoms with van der Waals surface area (Å²) < 4.78 is 1.65. The van der Waals surface area contributed by atoms with Crippen LogP contribution >= 0.6 is 23.2 Å². The van der Waals surface area contributed by atoms with Crippen LogP contribution in [0.3, 0.4) is 0 Å². The van der Waals surface area contributed by atoms with Crippen molar-refractivity contribution in [3.63, 3.8) is 0 Å². The molecule has 5 nitrogen and oxygen atoms in total. The van der Waals surface area contributed by atoms with E-state index in [1.807, 2.05) is 0 Å². The van der Waals surface area contributed by atoms with Gasteiger partial charge in [-0.15, -0.1) is 0 Å². The molecule has 2 heterocycles. The first kappa shape index (κ1) is 19.0. The zero-order valence-corrected chi connectivity index (χ0v) is 15.8. The Labute approximate surface area is 161 Å². The minimum Gasteiger partial charge on any atom is -0.478 e. The van der Waals surface area contributed by atoms with Crippen molar-refractivity contribution >= 4 is 29.2 Å². The molecule has 7 heteroatoms. The standard InChI is InChI=1S/C19H20Cl2N2O3/c20-15-11-16(21)18(24)23(17(15)12-22-8-1-2-9-22)10-7-13-3-5-14(6-4-13)19(25)26/h3-6,11H,1-2,7-10,12H2,(H,25,26). The van der Waals surface area contributed by atoms with Crippen molar-refractivity contribution in [2.24, 2.45) is 0 Å². The van der Waals surface area contributed by atoms with E-state index in [4.69, 9.17) is 28.3 Å². The van der Waals surface area contributed by atoms with Crippen LogP contribution in [0.25, 0.3) is 0 Å². The second-order valence-electron chi connectivity index (χ2n) is 6.48. The molecule has 0 atom stereocenters. The number of likely N-dealkylation sites (tertiary alicyclic amines) is 1. The van der Waals surface area contributed by atoms with Crippen molar-refractivity contribution < 1.29 is 9.90 Å². The molecule has 1 N–H and O–H groups in total. The van der Waals surface area contributed by atoms with Crippen LogP contribution in [0.5, 0.6) is 0 Å². The van der Waals surface area contributed by atoms with Gasteiger partial charge in [0.05, 0.1) is 16.3 Å². The first-order valence-corrected chi connectivity index (χ1v) is 9.33. The van der Waals surface area contributed by atoms with Crippen molar-refractivity contribution in [3.05, 3.63) is 67.6 Å². The van der Waals surface area contributed by atoms with Crippen LogP contribution < -0.4 is 5.56 Å². The average molecular weight is 395 g/mol. The number of pyridine rings is 1. The summed E-state index contributed by atoms with van der Waals surface area (Å²) in [5.74, 6) is -0.956. The number of carboxylic acids is 1. The normalized spacial score (nSPS) is 14.7. The van der Waals surface area contributed by atoms with E-state index in [0.717, 1.165) is 37.2 Å². The molecule has 1 aliphatic heterocycles. The van der Waals surface area contributed by atoms with Crippen molar-refractivity contribution in [1.82, 2.24) is 9.47 Å². The van der Waals surface area contributed by atoms with E-state index in [1.54, 1.807) is 28.8 Å². The molecule has 3 rings (SSSR count). The van der Waals surface area contributed by atoms with Crippen molar-refractivity contribution in [2.45, 2.75) is 32.4 Å². The highest BCUT2D eigenvalue weighted by molar-refractivity contribution is 6.34. The minimum atomic E-state index is -0.956. The van der Waals surface area contributed by atoms with Gasteiger partial charge in [-0.1, -0.05) is 35.3 Å². The van der Waals surface area contributed by atoms with E-state index in [9.17, 15) is 9.59 Å². The zero-order valence-electron chi connectivity index (χ0n) is 14.3. The lowest BCUT2D eigenvalue weighted by Crippen LogP contribution is -2.29. The molecule has 0 radical (unpaired) electrons. The SMILES string of the molecule is O=C(O)c1ccc(CCn2c(CN3CCCC3)c(Cl)cc(Cl)c2=O)cc1. The molecule has 0 aliphatic carbocycles. The Balaban J connectivity index is 1.83. The quantitative estimate of drug-likeness (QED) is 0.811. The largest absolute Gasteiger partial charge is 0.478 e. The molecular weight excluding hydrogens is 375 g/mol. The van der Waals surface area contributed by atoms with Gasteiger partial charge in [-0.05, 0) is 56.1 Å². The van der Waals surface area contributed by atoms with Gasteiger partial charge in [-0.3, -0.25) is 9.69 Å². The highest BCUT2D eigenvalue weighted by Gasteiger charge is 2.18. The maximum atomic E-state index is 12.6. The number of benzene rings is 1. The number of aryl methyl sites for hydroxylation is 1. The highest BCUT2D eigenvalue weighted by atomic mass is 35.5. The molecule has 0 bridgehead atoms. The van der Waals surface area contributed by atoms with E-state index in [1.165, 1.54) is 6.07 Å². The minimum absolute atomic E-state index is 0.112. The van der Waals surface area contributed by atoms with Crippen LogP contribution in [-0.2, 0) is 19.5 Å². The number of hydrogen-bond acceptors (Lipinski definition) is 3. The zero-order chi connectivity index (χ0) is 18.7. The maximum Gasteiger partial charge on any atom is 0.335 e. The number of carbonyl (C=O) groups is 1. The predicted octanol–water partition coefficient (Wildman–Crippen LogP) is 3.69. The Hall–Kier alpha value is -1.82. The molecule has 1 fully saturated rings. The number of aromatic carboxylic acids is 1. The summed E-state index contributed by atoms with van der Waals surface area (Å²) in [5, 5.41) is 9.59. The fraction of sp³-hybridized carbons (Fsp3) is 0.368. The van der Waals surface area contributed by atoms with Crippen molar-refractivity contribution in [2.75, 3.05) is 13.1 Å². The smallest absolute Gasteiger partial charge is 0.335 e. The Morgan fingerprint density at radius 1 is 1.08 bits per heavy atom. The predicted molar refractivity (Wildman–Crippen MR) is 102 cm³/mol. The van der Waals surface area contributed by atoms with Gasteiger partial charge in [0.15, 0.2) is 0 Å². The molecule has 0 amide bonds. The van der Waals surface area contributed by atoms with Gasteiger partial charge in [0, 0.05) is 13.1 Å². The summed E-state index contributed by atoms with van der Waals surface area (Å²) in [6.45, 7) is 3.07. The third-order valence-corrected chi connectivity index (χ3v) is 5.30. The van der Waals surface area contributed by atoms with Gasteiger partial charge >= 0.3 is 5.97 Å². The van der Waals surface area contributed by atoms with E-state index < -0.39 is 5.97 Å². The van der Waals surface area contributed by atoms with E-state index in [0.29, 0.717) is 24.5 Å². The lowest BCUT2D eigenvalue weighted by Gasteiger charge is -2.20. The van der Waals surface area contributed by atoms with Crippen LogP contribution in [0.4, 0.5) is 0 Å². The molecule has 2 aromatic rings. The Kier molecular flexibility index (Phi) is 6.01.